The Hall–Kier alpha value is -2.64. The second-order valence-electron chi connectivity index (χ2n) is 6.29. The molecule has 7 heteroatoms. The van der Waals surface area contributed by atoms with Gasteiger partial charge in [0.25, 0.3) is 0 Å². The van der Waals surface area contributed by atoms with Crippen LogP contribution in [0, 0.1) is 0 Å². The topological polar surface area (TPSA) is 68.3 Å². The van der Waals surface area contributed by atoms with Gasteiger partial charge in [-0.1, -0.05) is 41.7 Å². The smallest absolute Gasteiger partial charge is 0.226 e. The first-order chi connectivity index (χ1) is 14.1. The number of rotatable bonds is 9. The summed E-state index contributed by atoms with van der Waals surface area (Å²) in [6.07, 6.45) is 1.15. The molecule has 29 heavy (non-hydrogen) atoms. The molecule has 0 unspecified atom stereocenters. The summed E-state index contributed by atoms with van der Waals surface area (Å²) in [5, 5.41) is 3.29. The summed E-state index contributed by atoms with van der Waals surface area (Å²) in [6, 6.07) is 17.4. The van der Waals surface area contributed by atoms with Crippen LogP contribution in [0.1, 0.15) is 29.4 Å². The summed E-state index contributed by atoms with van der Waals surface area (Å²) >= 11 is 2.92. The molecule has 0 saturated heterocycles. The van der Waals surface area contributed by atoms with Crippen LogP contribution < -0.4 is 10.1 Å². The van der Waals surface area contributed by atoms with Crippen LogP contribution in [0.4, 0.5) is 5.13 Å². The van der Waals surface area contributed by atoms with Crippen molar-refractivity contribution in [3.8, 4) is 17.0 Å². The second kappa shape index (κ2) is 10.2. The van der Waals surface area contributed by atoms with E-state index in [0.29, 0.717) is 22.1 Å². The van der Waals surface area contributed by atoms with Crippen molar-refractivity contribution in [3.63, 3.8) is 0 Å². The number of ketones is 1. The molecule has 0 atom stereocenters. The van der Waals surface area contributed by atoms with Crippen LogP contribution in [0.25, 0.3) is 11.3 Å². The third kappa shape index (κ3) is 5.92. The summed E-state index contributed by atoms with van der Waals surface area (Å²) in [5.74, 6) is 1.52. The molecule has 1 aromatic heterocycles. The minimum absolute atomic E-state index is 0.0576. The number of thioether (sulfide) groups is 1. The monoisotopic (exact) mass is 426 g/mol. The fraction of sp³-hybridized carbons (Fsp3) is 0.227. The van der Waals surface area contributed by atoms with Gasteiger partial charge in [-0.05, 0) is 36.4 Å². The predicted octanol–water partition coefficient (Wildman–Crippen LogP) is 5.53. The van der Waals surface area contributed by atoms with E-state index in [1.165, 1.54) is 18.3 Å². The minimum Gasteiger partial charge on any atom is -0.497 e. The first-order valence-corrected chi connectivity index (χ1v) is 11.0. The molecule has 1 heterocycles. The highest BCUT2D eigenvalue weighted by atomic mass is 32.2. The van der Waals surface area contributed by atoms with Crippen molar-refractivity contribution >= 4 is 39.9 Å². The number of methoxy groups -OCH3 is 1. The number of thiazole rings is 1. The van der Waals surface area contributed by atoms with E-state index in [2.05, 4.69) is 10.3 Å². The summed E-state index contributed by atoms with van der Waals surface area (Å²) in [7, 11) is 1.64. The molecule has 0 spiro atoms. The quantitative estimate of drug-likeness (QED) is 0.277. The van der Waals surface area contributed by atoms with Gasteiger partial charge in [-0.2, -0.15) is 0 Å². The molecule has 1 N–H and O–H groups in total. The highest BCUT2D eigenvalue weighted by Gasteiger charge is 2.17. The van der Waals surface area contributed by atoms with E-state index in [4.69, 9.17) is 4.74 Å². The van der Waals surface area contributed by atoms with Crippen molar-refractivity contribution < 1.29 is 14.3 Å². The van der Waals surface area contributed by atoms with Gasteiger partial charge in [0, 0.05) is 23.8 Å². The van der Waals surface area contributed by atoms with Crippen molar-refractivity contribution in [2.45, 2.75) is 24.7 Å². The lowest BCUT2D eigenvalue weighted by Crippen LogP contribution is -2.11. The standard InChI is InChI=1S/C22H22N2O3S2/c1-15(25)21-20(16-7-4-3-5-8-16)24-22(29-21)23-19(26)9-6-14-28-18-12-10-17(27-2)11-13-18/h3-5,7-8,10-13H,6,9,14H2,1-2H3,(H,23,24,26). The number of anilines is 1. The van der Waals surface area contributed by atoms with Crippen molar-refractivity contribution in [3.05, 3.63) is 59.5 Å². The Bertz CT molecular complexity index is 969. The number of carbonyl (C=O) groups is 2. The Labute approximate surface area is 178 Å². The molecule has 150 valence electrons. The number of benzene rings is 2. The molecule has 3 rings (SSSR count). The zero-order valence-electron chi connectivity index (χ0n) is 16.3. The van der Waals surface area contributed by atoms with E-state index >= 15 is 0 Å². The normalized spacial score (nSPS) is 10.6. The predicted molar refractivity (Wildman–Crippen MR) is 119 cm³/mol. The van der Waals surface area contributed by atoms with Crippen LogP contribution >= 0.6 is 23.1 Å². The van der Waals surface area contributed by atoms with Gasteiger partial charge in [0.05, 0.1) is 17.7 Å². The maximum atomic E-state index is 12.3. The molecule has 0 aliphatic carbocycles. The molecule has 0 radical (unpaired) electrons. The fourth-order valence-corrected chi connectivity index (χ4v) is 4.43. The number of aromatic nitrogens is 1. The van der Waals surface area contributed by atoms with Gasteiger partial charge in [-0.15, -0.1) is 11.8 Å². The number of amides is 1. The van der Waals surface area contributed by atoms with Crippen molar-refractivity contribution in [2.24, 2.45) is 0 Å². The highest BCUT2D eigenvalue weighted by Crippen LogP contribution is 2.31. The molecular formula is C22H22N2O3S2. The number of nitrogens with zero attached hydrogens (tertiary/aromatic N) is 1. The van der Waals surface area contributed by atoms with E-state index in [9.17, 15) is 9.59 Å². The maximum Gasteiger partial charge on any atom is 0.226 e. The van der Waals surface area contributed by atoms with E-state index in [1.807, 2.05) is 54.6 Å². The van der Waals surface area contributed by atoms with Crippen molar-refractivity contribution in [2.75, 3.05) is 18.2 Å². The van der Waals surface area contributed by atoms with E-state index in [-0.39, 0.29) is 11.7 Å². The van der Waals surface area contributed by atoms with Gasteiger partial charge >= 0.3 is 0 Å². The maximum absolute atomic E-state index is 12.3. The molecule has 3 aromatic rings. The first kappa shape index (κ1) is 21.1. The number of hydrogen-bond donors (Lipinski definition) is 1. The molecule has 0 saturated carbocycles. The van der Waals surface area contributed by atoms with Crippen LogP contribution in [0.15, 0.2) is 59.5 Å². The lowest BCUT2D eigenvalue weighted by molar-refractivity contribution is -0.116. The Kier molecular flexibility index (Phi) is 7.43. The summed E-state index contributed by atoms with van der Waals surface area (Å²) in [6.45, 7) is 1.52. The molecule has 0 bridgehead atoms. The van der Waals surface area contributed by atoms with E-state index < -0.39 is 0 Å². The average molecular weight is 427 g/mol. The van der Waals surface area contributed by atoms with Crippen LogP contribution in [-0.4, -0.2) is 29.5 Å². The van der Waals surface area contributed by atoms with E-state index in [0.717, 1.165) is 28.4 Å². The zero-order valence-corrected chi connectivity index (χ0v) is 17.9. The van der Waals surface area contributed by atoms with E-state index in [1.54, 1.807) is 18.9 Å². The van der Waals surface area contributed by atoms with Crippen LogP contribution in [0.5, 0.6) is 5.75 Å². The third-order valence-corrected chi connectivity index (χ3v) is 6.29. The summed E-state index contributed by atoms with van der Waals surface area (Å²) in [5.41, 5.74) is 1.49. The Morgan fingerprint density at radius 2 is 1.83 bits per heavy atom. The number of hydrogen-bond acceptors (Lipinski definition) is 6. The highest BCUT2D eigenvalue weighted by molar-refractivity contribution is 7.99. The minimum atomic E-state index is -0.0937. The lowest BCUT2D eigenvalue weighted by atomic mass is 10.1. The van der Waals surface area contributed by atoms with Crippen LogP contribution in [0.3, 0.4) is 0 Å². The largest absolute Gasteiger partial charge is 0.497 e. The molecule has 0 aliphatic heterocycles. The van der Waals surface area contributed by atoms with Gasteiger partial charge in [0.15, 0.2) is 10.9 Å². The lowest BCUT2D eigenvalue weighted by Gasteiger charge is -2.04. The summed E-state index contributed by atoms with van der Waals surface area (Å²) < 4.78 is 5.15. The van der Waals surface area contributed by atoms with Gasteiger partial charge in [0.1, 0.15) is 5.75 Å². The van der Waals surface area contributed by atoms with Crippen molar-refractivity contribution in [1.82, 2.24) is 4.98 Å². The molecule has 2 aromatic carbocycles. The first-order valence-electron chi connectivity index (χ1n) is 9.20. The Morgan fingerprint density at radius 1 is 1.10 bits per heavy atom. The third-order valence-electron chi connectivity index (χ3n) is 4.12. The number of ether oxygens (including phenoxy) is 1. The van der Waals surface area contributed by atoms with Crippen molar-refractivity contribution in [1.29, 1.82) is 0 Å². The molecule has 5 nitrogen and oxygen atoms in total. The van der Waals surface area contributed by atoms with Crippen LogP contribution in [0.2, 0.25) is 0 Å². The molecule has 1 amide bonds. The molecule has 0 fully saturated rings. The molecule has 0 aliphatic rings. The van der Waals surface area contributed by atoms with Gasteiger partial charge in [-0.25, -0.2) is 4.98 Å². The summed E-state index contributed by atoms with van der Waals surface area (Å²) in [4.78, 5) is 30.4. The van der Waals surface area contributed by atoms with Gasteiger partial charge in [-0.3, -0.25) is 9.59 Å². The Balaban J connectivity index is 1.53. The van der Waals surface area contributed by atoms with Gasteiger partial charge in [0.2, 0.25) is 5.91 Å². The number of carbonyl (C=O) groups excluding carboxylic acids is 2. The number of Topliss-reactive ketones (excluding diaryl/α,β-unsaturated/α-hetero) is 1. The number of nitrogens with one attached hydrogen (secondary N) is 1. The molecular weight excluding hydrogens is 404 g/mol. The SMILES string of the molecule is COc1ccc(SCCCC(=O)Nc2nc(-c3ccccc3)c(C(C)=O)s2)cc1. The van der Waals surface area contributed by atoms with Crippen LogP contribution in [-0.2, 0) is 4.79 Å². The fourth-order valence-electron chi connectivity index (χ4n) is 2.68. The average Bonchev–Trinajstić information content (AvgIpc) is 3.16. The Morgan fingerprint density at radius 3 is 2.48 bits per heavy atom. The zero-order chi connectivity index (χ0) is 20.6. The second-order valence-corrected chi connectivity index (χ2v) is 8.46. The van der Waals surface area contributed by atoms with Gasteiger partial charge < -0.3 is 10.1 Å².